The lowest BCUT2D eigenvalue weighted by atomic mass is 9.64. The molecular formula is C18H34N4O2. The molecule has 2 atom stereocenters. The smallest absolute Gasteiger partial charge is 0.243 e. The van der Waals surface area contributed by atoms with Crippen LogP contribution in [0.3, 0.4) is 0 Å². The average molecular weight is 338 g/mol. The number of guanidine groups is 1. The van der Waals surface area contributed by atoms with Gasteiger partial charge < -0.3 is 20.3 Å². The summed E-state index contributed by atoms with van der Waals surface area (Å²) in [7, 11) is 5.29. The summed E-state index contributed by atoms with van der Waals surface area (Å²) in [5.41, 5.74) is 0.0648. The minimum absolute atomic E-state index is 0.0161. The number of amides is 1. The highest BCUT2D eigenvalue weighted by molar-refractivity contribution is 5.85. The summed E-state index contributed by atoms with van der Waals surface area (Å²) in [6.45, 7) is 4.60. The fourth-order valence-corrected chi connectivity index (χ4v) is 3.56. The van der Waals surface area contributed by atoms with Gasteiger partial charge in [0, 0.05) is 38.7 Å². The van der Waals surface area contributed by atoms with Crippen LogP contribution in [0, 0.1) is 5.41 Å². The van der Waals surface area contributed by atoms with E-state index in [0.29, 0.717) is 12.1 Å². The number of aliphatic imine (C=N–C) groups is 1. The quantitative estimate of drug-likeness (QED) is 0.592. The van der Waals surface area contributed by atoms with Gasteiger partial charge in [-0.2, -0.15) is 0 Å². The zero-order valence-electron chi connectivity index (χ0n) is 15.9. The SMILES string of the molecule is COC1CC(NC(=NCC(=O)N(C)C)NC2CCCCC2)C1(C)C. The Bertz CT molecular complexity index is 456. The highest BCUT2D eigenvalue weighted by Gasteiger charge is 2.49. The van der Waals surface area contributed by atoms with Crippen LogP contribution >= 0.6 is 0 Å². The standard InChI is InChI=1S/C18H34N4O2/c1-18(2)14(11-15(18)24-5)21-17(19-12-16(23)22(3)4)20-13-9-7-6-8-10-13/h13-15H,6-12H2,1-5H3,(H2,19,20,21). The fourth-order valence-electron chi connectivity index (χ4n) is 3.56. The van der Waals surface area contributed by atoms with Gasteiger partial charge in [0.1, 0.15) is 6.54 Å². The lowest BCUT2D eigenvalue weighted by Crippen LogP contribution is -2.64. The monoisotopic (exact) mass is 338 g/mol. The molecule has 0 saturated heterocycles. The Balaban J connectivity index is 1.99. The van der Waals surface area contributed by atoms with E-state index >= 15 is 0 Å². The first-order valence-corrected chi connectivity index (χ1v) is 9.15. The van der Waals surface area contributed by atoms with Crippen LogP contribution in [0.4, 0.5) is 0 Å². The van der Waals surface area contributed by atoms with Crippen LogP contribution in [0.25, 0.3) is 0 Å². The summed E-state index contributed by atoms with van der Waals surface area (Å²) < 4.78 is 5.53. The van der Waals surface area contributed by atoms with Crippen molar-refractivity contribution in [1.82, 2.24) is 15.5 Å². The third-order valence-corrected chi connectivity index (χ3v) is 5.59. The molecule has 0 aliphatic heterocycles. The summed E-state index contributed by atoms with van der Waals surface area (Å²) in [6.07, 6.45) is 7.45. The molecule has 1 amide bonds. The lowest BCUT2D eigenvalue weighted by molar-refractivity contribution is -0.127. The first kappa shape index (κ1) is 19.0. The number of nitrogens with one attached hydrogen (secondary N) is 2. The van der Waals surface area contributed by atoms with E-state index in [4.69, 9.17) is 4.74 Å². The first-order valence-electron chi connectivity index (χ1n) is 9.15. The van der Waals surface area contributed by atoms with E-state index in [0.717, 1.165) is 12.4 Å². The Morgan fingerprint density at radius 2 is 1.88 bits per heavy atom. The molecule has 2 aliphatic rings. The maximum atomic E-state index is 11.9. The minimum atomic E-state index is 0.0161. The fraction of sp³-hybridized carbons (Fsp3) is 0.889. The molecule has 2 rings (SSSR count). The van der Waals surface area contributed by atoms with Gasteiger partial charge in [-0.05, 0) is 19.3 Å². The molecule has 0 aromatic rings. The number of methoxy groups -OCH3 is 1. The normalized spacial score (nSPS) is 27.3. The Morgan fingerprint density at radius 3 is 2.42 bits per heavy atom. The molecule has 0 radical (unpaired) electrons. The van der Waals surface area contributed by atoms with Crippen LogP contribution in [0.5, 0.6) is 0 Å². The van der Waals surface area contributed by atoms with E-state index < -0.39 is 0 Å². The summed E-state index contributed by atoms with van der Waals surface area (Å²) in [5.74, 6) is 0.784. The summed E-state index contributed by atoms with van der Waals surface area (Å²) in [4.78, 5) is 18.0. The molecule has 2 saturated carbocycles. The molecular weight excluding hydrogens is 304 g/mol. The molecule has 2 aliphatic carbocycles. The van der Waals surface area contributed by atoms with Gasteiger partial charge in [-0.15, -0.1) is 0 Å². The van der Waals surface area contributed by atoms with E-state index in [1.54, 1.807) is 26.1 Å². The maximum Gasteiger partial charge on any atom is 0.243 e. The number of hydrogen-bond donors (Lipinski definition) is 2. The number of likely N-dealkylation sites (N-methyl/N-ethyl adjacent to an activating group) is 1. The van der Waals surface area contributed by atoms with E-state index in [1.807, 2.05) is 0 Å². The molecule has 2 unspecified atom stereocenters. The molecule has 0 spiro atoms. The molecule has 6 heteroatoms. The Labute approximate surface area is 146 Å². The Kier molecular flexibility index (Phi) is 6.49. The topological polar surface area (TPSA) is 66.0 Å². The number of ether oxygens (including phenoxy) is 1. The largest absolute Gasteiger partial charge is 0.381 e. The van der Waals surface area contributed by atoms with Gasteiger partial charge in [0.05, 0.1) is 6.10 Å². The number of carbonyl (C=O) groups is 1. The molecule has 6 nitrogen and oxygen atoms in total. The highest BCUT2D eigenvalue weighted by atomic mass is 16.5. The summed E-state index contributed by atoms with van der Waals surface area (Å²) in [6, 6.07) is 0.771. The predicted octanol–water partition coefficient (Wildman–Crippen LogP) is 1.76. The van der Waals surface area contributed by atoms with Crippen LogP contribution in [0.15, 0.2) is 4.99 Å². The van der Waals surface area contributed by atoms with E-state index in [9.17, 15) is 4.79 Å². The lowest BCUT2D eigenvalue weighted by Gasteiger charge is -2.51. The molecule has 138 valence electrons. The second-order valence-corrected chi connectivity index (χ2v) is 7.91. The van der Waals surface area contributed by atoms with Crippen molar-refractivity contribution in [2.45, 2.75) is 70.6 Å². The van der Waals surface area contributed by atoms with Crippen molar-refractivity contribution in [3.63, 3.8) is 0 Å². The van der Waals surface area contributed by atoms with E-state index in [1.165, 1.54) is 32.1 Å². The molecule has 0 aromatic heterocycles. The van der Waals surface area contributed by atoms with Crippen molar-refractivity contribution in [2.24, 2.45) is 10.4 Å². The van der Waals surface area contributed by atoms with Gasteiger partial charge in [0.15, 0.2) is 5.96 Å². The second kappa shape index (κ2) is 8.19. The van der Waals surface area contributed by atoms with Gasteiger partial charge in [-0.25, -0.2) is 4.99 Å². The second-order valence-electron chi connectivity index (χ2n) is 7.91. The highest BCUT2D eigenvalue weighted by Crippen LogP contribution is 2.42. The van der Waals surface area contributed by atoms with Crippen molar-refractivity contribution in [3.8, 4) is 0 Å². The van der Waals surface area contributed by atoms with Crippen molar-refractivity contribution in [3.05, 3.63) is 0 Å². The summed E-state index contributed by atoms with van der Waals surface area (Å²) in [5, 5.41) is 7.09. The number of rotatable bonds is 5. The third-order valence-electron chi connectivity index (χ3n) is 5.59. The summed E-state index contributed by atoms with van der Waals surface area (Å²) >= 11 is 0. The van der Waals surface area contributed by atoms with Crippen molar-refractivity contribution in [2.75, 3.05) is 27.7 Å². The van der Waals surface area contributed by atoms with Crippen molar-refractivity contribution < 1.29 is 9.53 Å². The Hall–Kier alpha value is -1.30. The zero-order chi connectivity index (χ0) is 17.7. The van der Waals surface area contributed by atoms with Crippen LogP contribution in [0.2, 0.25) is 0 Å². The third kappa shape index (κ3) is 4.62. The van der Waals surface area contributed by atoms with Crippen molar-refractivity contribution in [1.29, 1.82) is 0 Å². The average Bonchev–Trinajstić information content (AvgIpc) is 2.56. The van der Waals surface area contributed by atoms with E-state index in [2.05, 4.69) is 29.5 Å². The van der Waals surface area contributed by atoms with Crippen LogP contribution in [-0.4, -0.2) is 62.7 Å². The molecule has 0 heterocycles. The van der Waals surface area contributed by atoms with Crippen molar-refractivity contribution >= 4 is 11.9 Å². The van der Waals surface area contributed by atoms with Gasteiger partial charge in [-0.3, -0.25) is 4.79 Å². The number of nitrogens with zero attached hydrogens (tertiary/aromatic N) is 2. The van der Waals surface area contributed by atoms with Gasteiger partial charge in [0.25, 0.3) is 0 Å². The van der Waals surface area contributed by atoms with Crippen LogP contribution < -0.4 is 10.6 Å². The maximum absolute atomic E-state index is 11.9. The molecule has 2 N–H and O–H groups in total. The van der Waals surface area contributed by atoms with E-state index in [-0.39, 0.29) is 24.0 Å². The molecule has 0 bridgehead atoms. The number of hydrogen-bond acceptors (Lipinski definition) is 3. The minimum Gasteiger partial charge on any atom is -0.381 e. The molecule has 2 fully saturated rings. The molecule has 24 heavy (non-hydrogen) atoms. The van der Waals surface area contributed by atoms with Gasteiger partial charge in [0.2, 0.25) is 5.91 Å². The van der Waals surface area contributed by atoms with Crippen LogP contribution in [-0.2, 0) is 9.53 Å². The van der Waals surface area contributed by atoms with Crippen LogP contribution in [0.1, 0.15) is 52.4 Å². The molecule has 0 aromatic carbocycles. The Morgan fingerprint density at radius 1 is 1.21 bits per heavy atom. The first-order chi connectivity index (χ1) is 11.3. The van der Waals surface area contributed by atoms with Gasteiger partial charge in [-0.1, -0.05) is 33.1 Å². The zero-order valence-corrected chi connectivity index (χ0v) is 15.9. The number of carbonyl (C=O) groups excluding carboxylic acids is 1. The van der Waals surface area contributed by atoms with Gasteiger partial charge >= 0.3 is 0 Å². The predicted molar refractivity (Wildman–Crippen MR) is 97.1 cm³/mol.